The Labute approximate surface area is 121 Å². The van der Waals surface area contributed by atoms with E-state index in [1.165, 1.54) is 43.6 Å². The number of likely N-dealkylation sites (tertiary alicyclic amines) is 1. The predicted molar refractivity (Wildman–Crippen MR) is 81.8 cm³/mol. The molecule has 106 valence electrons. The Morgan fingerprint density at radius 2 is 2.10 bits per heavy atom. The zero-order chi connectivity index (χ0) is 13.8. The van der Waals surface area contributed by atoms with E-state index in [1.54, 1.807) is 0 Å². The van der Waals surface area contributed by atoms with E-state index in [9.17, 15) is 0 Å². The number of nitrogens with zero attached hydrogens (tertiary/aromatic N) is 3. The van der Waals surface area contributed by atoms with E-state index in [2.05, 4.69) is 46.5 Å². The van der Waals surface area contributed by atoms with Gasteiger partial charge >= 0.3 is 0 Å². The van der Waals surface area contributed by atoms with Crippen molar-refractivity contribution in [1.29, 1.82) is 0 Å². The average Bonchev–Trinajstić information content (AvgIpc) is 3.09. The van der Waals surface area contributed by atoms with E-state index >= 15 is 0 Å². The molecule has 2 aromatic rings. The van der Waals surface area contributed by atoms with Crippen LogP contribution in [0.15, 0.2) is 42.7 Å². The first-order valence-corrected chi connectivity index (χ1v) is 7.56. The summed E-state index contributed by atoms with van der Waals surface area (Å²) < 4.78 is 1.89. The summed E-state index contributed by atoms with van der Waals surface area (Å²) in [6.45, 7) is 3.67. The van der Waals surface area contributed by atoms with E-state index < -0.39 is 0 Å². The van der Waals surface area contributed by atoms with Crippen LogP contribution in [0.5, 0.6) is 0 Å². The summed E-state index contributed by atoms with van der Waals surface area (Å²) in [5.41, 5.74) is 2.86. The van der Waals surface area contributed by atoms with Crippen LogP contribution >= 0.6 is 0 Å². The third-order valence-electron chi connectivity index (χ3n) is 4.24. The Bertz CT molecular complexity index is 532. The highest BCUT2D eigenvalue weighted by molar-refractivity contribution is 5.21. The number of hydrogen-bond donors (Lipinski definition) is 0. The molecule has 1 aliphatic rings. The molecule has 1 saturated heterocycles. The minimum absolute atomic E-state index is 0.731. The van der Waals surface area contributed by atoms with Crippen LogP contribution in [0.1, 0.15) is 29.9 Å². The minimum Gasteiger partial charge on any atom is -0.303 e. The molecule has 3 rings (SSSR count). The second-order valence-electron chi connectivity index (χ2n) is 5.82. The molecular weight excluding hydrogens is 246 g/mol. The van der Waals surface area contributed by atoms with Crippen LogP contribution in [0.4, 0.5) is 0 Å². The molecule has 0 unspecified atom stereocenters. The van der Waals surface area contributed by atoms with Crippen molar-refractivity contribution in [3.05, 3.63) is 53.9 Å². The van der Waals surface area contributed by atoms with Crippen LogP contribution in [-0.2, 0) is 13.5 Å². The molecule has 0 amide bonds. The van der Waals surface area contributed by atoms with Gasteiger partial charge in [-0.2, -0.15) is 5.10 Å². The van der Waals surface area contributed by atoms with Gasteiger partial charge in [-0.25, -0.2) is 0 Å². The summed E-state index contributed by atoms with van der Waals surface area (Å²) in [5.74, 6) is 0.731. The summed E-state index contributed by atoms with van der Waals surface area (Å²) in [6, 6.07) is 10.9. The van der Waals surface area contributed by atoms with Crippen molar-refractivity contribution in [2.75, 3.05) is 19.6 Å². The topological polar surface area (TPSA) is 21.1 Å². The largest absolute Gasteiger partial charge is 0.303 e. The fourth-order valence-corrected chi connectivity index (χ4v) is 3.14. The summed E-state index contributed by atoms with van der Waals surface area (Å²) >= 11 is 0. The third kappa shape index (κ3) is 3.28. The first kappa shape index (κ1) is 13.4. The lowest BCUT2D eigenvalue weighted by atomic mass is 9.99. The Balaban J connectivity index is 1.44. The minimum atomic E-state index is 0.731. The predicted octanol–water partition coefficient (Wildman–Crippen LogP) is 2.84. The lowest BCUT2D eigenvalue weighted by molar-refractivity contribution is 0.329. The molecule has 0 radical (unpaired) electrons. The van der Waals surface area contributed by atoms with Crippen molar-refractivity contribution in [2.24, 2.45) is 7.05 Å². The Kier molecular flexibility index (Phi) is 4.16. The maximum atomic E-state index is 4.22. The highest BCUT2D eigenvalue weighted by Gasteiger charge is 2.22. The fourth-order valence-electron chi connectivity index (χ4n) is 3.14. The molecule has 1 aromatic heterocycles. The van der Waals surface area contributed by atoms with Crippen LogP contribution in [0, 0.1) is 0 Å². The maximum Gasteiger partial charge on any atom is 0.0521 e. The van der Waals surface area contributed by atoms with Crippen LogP contribution < -0.4 is 0 Å². The van der Waals surface area contributed by atoms with E-state index in [-0.39, 0.29) is 0 Å². The van der Waals surface area contributed by atoms with E-state index in [4.69, 9.17) is 0 Å². The zero-order valence-corrected chi connectivity index (χ0v) is 12.2. The van der Waals surface area contributed by atoms with E-state index in [0.29, 0.717) is 0 Å². The van der Waals surface area contributed by atoms with E-state index in [1.807, 2.05) is 17.9 Å². The molecule has 1 fully saturated rings. The summed E-state index contributed by atoms with van der Waals surface area (Å²) in [5, 5.41) is 4.22. The molecule has 0 aliphatic carbocycles. The molecule has 3 nitrogen and oxygen atoms in total. The molecule has 20 heavy (non-hydrogen) atoms. The molecule has 0 spiro atoms. The van der Waals surface area contributed by atoms with Gasteiger partial charge in [-0.3, -0.25) is 4.68 Å². The molecular formula is C17H23N3. The second kappa shape index (κ2) is 6.23. The van der Waals surface area contributed by atoms with Crippen molar-refractivity contribution in [3.63, 3.8) is 0 Å². The van der Waals surface area contributed by atoms with Gasteiger partial charge in [-0.1, -0.05) is 30.3 Å². The maximum absolute atomic E-state index is 4.22. The van der Waals surface area contributed by atoms with Gasteiger partial charge in [0.2, 0.25) is 0 Å². The molecule has 3 heteroatoms. The molecule has 0 N–H and O–H groups in total. The lowest BCUT2D eigenvalue weighted by Crippen LogP contribution is -2.22. The molecule has 1 aliphatic heterocycles. The molecule has 1 aromatic carbocycles. The van der Waals surface area contributed by atoms with Crippen molar-refractivity contribution in [1.82, 2.24) is 14.7 Å². The van der Waals surface area contributed by atoms with Crippen molar-refractivity contribution < 1.29 is 0 Å². The standard InChI is InChI=1S/C17H23N3/c1-19-13-15(12-18-19)6-5-10-20-11-9-17(14-20)16-7-3-2-4-8-16/h2-4,7-8,12-13,17H,5-6,9-11,14H2,1H3/t17-/m0/s1. The van der Waals surface area contributed by atoms with Crippen molar-refractivity contribution in [2.45, 2.75) is 25.2 Å². The Morgan fingerprint density at radius 1 is 1.25 bits per heavy atom. The first-order valence-electron chi connectivity index (χ1n) is 7.56. The summed E-state index contributed by atoms with van der Waals surface area (Å²) in [7, 11) is 1.98. The van der Waals surface area contributed by atoms with Gasteiger partial charge in [-0.15, -0.1) is 0 Å². The van der Waals surface area contributed by atoms with Gasteiger partial charge in [-0.05, 0) is 49.4 Å². The second-order valence-corrected chi connectivity index (χ2v) is 5.82. The highest BCUT2D eigenvalue weighted by atomic mass is 15.2. The van der Waals surface area contributed by atoms with Gasteiger partial charge in [0, 0.05) is 19.8 Å². The van der Waals surface area contributed by atoms with Gasteiger partial charge in [0.1, 0.15) is 0 Å². The summed E-state index contributed by atoms with van der Waals surface area (Å²) in [6.07, 6.45) is 7.78. The SMILES string of the molecule is Cn1cc(CCCN2CC[C@H](c3ccccc3)C2)cn1. The number of aryl methyl sites for hydroxylation is 2. The van der Waals surface area contributed by atoms with E-state index in [0.717, 1.165) is 12.3 Å². The fraction of sp³-hybridized carbons (Fsp3) is 0.471. The van der Waals surface area contributed by atoms with Crippen LogP contribution in [0.25, 0.3) is 0 Å². The quantitative estimate of drug-likeness (QED) is 0.832. The van der Waals surface area contributed by atoms with Crippen molar-refractivity contribution in [3.8, 4) is 0 Å². The van der Waals surface area contributed by atoms with Gasteiger partial charge < -0.3 is 4.90 Å². The monoisotopic (exact) mass is 269 g/mol. The summed E-state index contributed by atoms with van der Waals surface area (Å²) in [4.78, 5) is 2.61. The van der Waals surface area contributed by atoms with Gasteiger partial charge in [0.15, 0.2) is 0 Å². The van der Waals surface area contributed by atoms with Crippen LogP contribution in [0.2, 0.25) is 0 Å². The van der Waals surface area contributed by atoms with Crippen molar-refractivity contribution >= 4 is 0 Å². The lowest BCUT2D eigenvalue weighted by Gasteiger charge is -2.15. The third-order valence-corrected chi connectivity index (χ3v) is 4.24. The zero-order valence-electron chi connectivity index (χ0n) is 12.2. The molecule has 2 heterocycles. The molecule has 1 atom stereocenters. The van der Waals surface area contributed by atoms with Crippen LogP contribution in [-0.4, -0.2) is 34.3 Å². The van der Waals surface area contributed by atoms with Gasteiger partial charge in [0.05, 0.1) is 6.20 Å². The normalized spacial score (nSPS) is 19.6. The molecule has 0 saturated carbocycles. The average molecular weight is 269 g/mol. The first-order chi connectivity index (χ1) is 9.81. The Morgan fingerprint density at radius 3 is 2.85 bits per heavy atom. The highest BCUT2D eigenvalue weighted by Crippen LogP contribution is 2.26. The number of benzene rings is 1. The van der Waals surface area contributed by atoms with Gasteiger partial charge in [0.25, 0.3) is 0 Å². The smallest absolute Gasteiger partial charge is 0.0521 e. The van der Waals surface area contributed by atoms with Crippen LogP contribution in [0.3, 0.4) is 0 Å². The number of hydrogen-bond acceptors (Lipinski definition) is 2. The molecule has 0 bridgehead atoms. The Hall–Kier alpha value is -1.61. The number of aromatic nitrogens is 2. The number of rotatable bonds is 5.